The first-order chi connectivity index (χ1) is 13.2. The highest BCUT2D eigenvalue weighted by atomic mass is 16.5. The van der Waals surface area contributed by atoms with Gasteiger partial charge in [0.25, 0.3) is 0 Å². The van der Waals surface area contributed by atoms with Crippen LogP contribution in [0.25, 0.3) is 11.1 Å². The molecule has 0 spiro atoms. The van der Waals surface area contributed by atoms with Gasteiger partial charge in [0.15, 0.2) is 0 Å². The molecule has 3 aromatic carbocycles. The van der Waals surface area contributed by atoms with E-state index in [-0.39, 0.29) is 13.2 Å². The highest BCUT2D eigenvalue weighted by molar-refractivity contribution is 5.66. The third-order valence-corrected chi connectivity index (χ3v) is 4.25. The minimum atomic E-state index is -0.868. The predicted molar refractivity (Wildman–Crippen MR) is 106 cm³/mol. The smallest absolute Gasteiger partial charge is 0.122 e. The first-order valence-corrected chi connectivity index (χ1v) is 8.95. The van der Waals surface area contributed by atoms with E-state index in [4.69, 9.17) is 14.6 Å². The molecule has 0 amide bonds. The first kappa shape index (κ1) is 19.0. The van der Waals surface area contributed by atoms with Gasteiger partial charge in [0, 0.05) is 0 Å². The quantitative estimate of drug-likeness (QED) is 0.635. The van der Waals surface area contributed by atoms with Crippen molar-refractivity contribution < 1.29 is 19.7 Å². The Labute approximate surface area is 159 Å². The summed E-state index contributed by atoms with van der Waals surface area (Å²) in [6.45, 7) is 2.27. The average molecular weight is 364 g/mol. The van der Waals surface area contributed by atoms with Gasteiger partial charge in [0.05, 0.1) is 6.61 Å². The summed E-state index contributed by atoms with van der Waals surface area (Å²) < 4.78 is 11.4. The van der Waals surface area contributed by atoms with Gasteiger partial charge >= 0.3 is 0 Å². The molecule has 4 heteroatoms. The van der Waals surface area contributed by atoms with E-state index in [1.54, 1.807) is 0 Å². The maximum atomic E-state index is 9.40. The molecule has 140 valence electrons. The van der Waals surface area contributed by atoms with Gasteiger partial charge < -0.3 is 19.7 Å². The van der Waals surface area contributed by atoms with Crippen molar-refractivity contribution >= 4 is 0 Å². The lowest BCUT2D eigenvalue weighted by molar-refractivity contribution is 0.0534. The Morgan fingerprint density at radius 1 is 0.852 bits per heavy atom. The van der Waals surface area contributed by atoms with Crippen LogP contribution >= 0.6 is 0 Å². The van der Waals surface area contributed by atoms with E-state index in [2.05, 4.69) is 0 Å². The van der Waals surface area contributed by atoms with E-state index in [9.17, 15) is 5.11 Å². The van der Waals surface area contributed by atoms with E-state index >= 15 is 0 Å². The van der Waals surface area contributed by atoms with Gasteiger partial charge in [-0.05, 0) is 53.4 Å². The molecule has 4 nitrogen and oxygen atoms in total. The molecule has 0 aromatic heterocycles. The zero-order valence-electron chi connectivity index (χ0n) is 15.3. The van der Waals surface area contributed by atoms with Gasteiger partial charge in [-0.3, -0.25) is 0 Å². The highest BCUT2D eigenvalue weighted by Gasteiger charge is 2.07. The van der Waals surface area contributed by atoms with Gasteiger partial charge in [-0.2, -0.15) is 0 Å². The average Bonchev–Trinajstić information content (AvgIpc) is 2.72. The molecule has 0 radical (unpaired) electrons. The molecule has 1 atom stereocenters. The Kier molecular flexibility index (Phi) is 6.47. The molecule has 27 heavy (non-hydrogen) atoms. The van der Waals surface area contributed by atoms with Gasteiger partial charge in [0.2, 0.25) is 0 Å². The molecule has 0 aliphatic heterocycles. The highest BCUT2D eigenvalue weighted by Crippen LogP contribution is 2.28. The molecule has 2 N–H and O–H groups in total. The summed E-state index contributed by atoms with van der Waals surface area (Å²) in [5, 5.41) is 18.3. The van der Waals surface area contributed by atoms with Gasteiger partial charge in [0.1, 0.15) is 30.8 Å². The van der Waals surface area contributed by atoms with E-state index < -0.39 is 6.10 Å². The van der Waals surface area contributed by atoms with Gasteiger partial charge in [-0.15, -0.1) is 0 Å². The number of aliphatic hydroxyl groups is 2. The molecule has 3 rings (SSSR count). The summed E-state index contributed by atoms with van der Waals surface area (Å²) in [4.78, 5) is 0. The number of hydrogen-bond acceptors (Lipinski definition) is 4. The zero-order valence-corrected chi connectivity index (χ0v) is 15.3. The minimum Gasteiger partial charge on any atom is -0.491 e. The Morgan fingerprint density at radius 3 is 2.22 bits per heavy atom. The van der Waals surface area contributed by atoms with E-state index in [1.807, 2.05) is 79.7 Å². The minimum absolute atomic E-state index is 0.0735. The lowest BCUT2D eigenvalue weighted by Crippen LogP contribution is -2.21. The molecule has 0 aliphatic rings. The number of benzene rings is 3. The van der Waals surface area contributed by atoms with Crippen molar-refractivity contribution in [2.45, 2.75) is 19.6 Å². The topological polar surface area (TPSA) is 58.9 Å². The van der Waals surface area contributed by atoms with Crippen molar-refractivity contribution in [2.75, 3.05) is 13.2 Å². The van der Waals surface area contributed by atoms with Crippen molar-refractivity contribution in [3.8, 4) is 22.6 Å². The fourth-order valence-corrected chi connectivity index (χ4v) is 2.71. The molecule has 0 aliphatic carbocycles. The molecule has 0 saturated heterocycles. The molecular weight excluding hydrogens is 340 g/mol. The molecule has 0 heterocycles. The van der Waals surface area contributed by atoms with E-state index in [0.29, 0.717) is 12.4 Å². The third-order valence-electron chi connectivity index (χ3n) is 4.25. The molecule has 1 unspecified atom stereocenters. The van der Waals surface area contributed by atoms with Crippen LogP contribution in [0, 0.1) is 6.92 Å². The van der Waals surface area contributed by atoms with Crippen molar-refractivity contribution in [3.05, 3.63) is 83.9 Å². The van der Waals surface area contributed by atoms with Crippen molar-refractivity contribution in [1.29, 1.82) is 0 Å². The van der Waals surface area contributed by atoms with Crippen molar-refractivity contribution in [1.82, 2.24) is 0 Å². The van der Waals surface area contributed by atoms with Crippen LogP contribution in [0.2, 0.25) is 0 Å². The Bertz CT molecular complexity index is 844. The molecule has 0 saturated carbocycles. The molecule has 0 bridgehead atoms. The fourth-order valence-electron chi connectivity index (χ4n) is 2.71. The standard InChI is InChI=1S/C23H24O4/c1-17-13-20(9-12-23(17)27-16-21(25)14-24)19-7-10-22(11-8-19)26-15-18-5-3-2-4-6-18/h2-13,21,24-25H,14-16H2,1H3. The number of hydrogen-bond donors (Lipinski definition) is 2. The lowest BCUT2D eigenvalue weighted by atomic mass is 10.0. The van der Waals surface area contributed by atoms with Gasteiger partial charge in [-0.1, -0.05) is 48.5 Å². The molecule has 3 aromatic rings. The fraction of sp³-hybridized carbons (Fsp3) is 0.217. The second-order valence-corrected chi connectivity index (χ2v) is 6.43. The summed E-state index contributed by atoms with van der Waals surface area (Å²) >= 11 is 0. The number of ether oxygens (including phenoxy) is 2. The van der Waals surface area contributed by atoms with Gasteiger partial charge in [-0.25, -0.2) is 0 Å². The lowest BCUT2D eigenvalue weighted by Gasteiger charge is -2.13. The summed E-state index contributed by atoms with van der Waals surface area (Å²) in [7, 11) is 0. The zero-order chi connectivity index (χ0) is 19.1. The first-order valence-electron chi connectivity index (χ1n) is 8.95. The van der Waals surface area contributed by atoms with Crippen LogP contribution in [-0.4, -0.2) is 29.5 Å². The maximum absolute atomic E-state index is 9.40. The predicted octanol–water partition coefficient (Wildman–Crippen LogP) is 3.97. The third kappa shape index (κ3) is 5.33. The van der Waals surface area contributed by atoms with Crippen molar-refractivity contribution in [3.63, 3.8) is 0 Å². The normalized spacial score (nSPS) is 11.8. The Balaban J connectivity index is 1.63. The SMILES string of the molecule is Cc1cc(-c2ccc(OCc3ccccc3)cc2)ccc1OCC(O)CO. The summed E-state index contributed by atoms with van der Waals surface area (Å²) in [6, 6.07) is 24.0. The monoisotopic (exact) mass is 364 g/mol. The second-order valence-electron chi connectivity index (χ2n) is 6.43. The molecule has 0 fully saturated rings. The second kappa shape index (κ2) is 9.21. The van der Waals surface area contributed by atoms with E-state index in [1.165, 1.54) is 0 Å². The number of aryl methyl sites for hydroxylation is 1. The van der Waals surface area contributed by atoms with Crippen LogP contribution in [0.3, 0.4) is 0 Å². The van der Waals surface area contributed by atoms with E-state index in [0.717, 1.165) is 28.0 Å². The molecular formula is C23H24O4. The Hall–Kier alpha value is -2.82. The Morgan fingerprint density at radius 2 is 1.56 bits per heavy atom. The van der Waals surface area contributed by atoms with Crippen LogP contribution in [0.4, 0.5) is 0 Å². The number of rotatable bonds is 8. The van der Waals surface area contributed by atoms with Crippen LogP contribution < -0.4 is 9.47 Å². The summed E-state index contributed by atoms with van der Waals surface area (Å²) in [5.74, 6) is 1.53. The van der Waals surface area contributed by atoms with Crippen LogP contribution in [-0.2, 0) is 6.61 Å². The van der Waals surface area contributed by atoms with Crippen LogP contribution in [0.1, 0.15) is 11.1 Å². The number of aliphatic hydroxyl groups excluding tert-OH is 2. The summed E-state index contributed by atoms with van der Waals surface area (Å²) in [6.07, 6.45) is -0.868. The maximum Gasteiger partial charge on any atom is 0.122 e. The van der Waals surface area contributed by atoms with Crippen LogP contribution in [0.15, 0.2) is 72.8 Å². The summed E-state index contributed by atoms with van der Waals surface area (Å²) in [5.41, 5.74) is 4.28. The van der Waals surface area contributed by atoms with Crippen LogP contribution in [0.5, 0.6) is 11.5 Å². The van der Waals surface area contributed by atoms with Crippen molar-refractivity contribution in [2.24, 2.45) is 0 Å². The largest absolute Gasteiger partial charge is 0.491 e.